The number of ether oxygens (including phenoxy) is 1. The summed E-state index contributed by atoms with van der Waals surface area (Å²) in [5.41, 5.74) is 6.62. The number of nitrogens with two attached hydrogens (primary N) is 1. The quantitative estimate of drug-likeness (QED) is 0.777. The van der Waals surface area contributed by atoms with Crippen LogP contribution >= 0.6 is 0 Å². The van der Waals surface area contributed by atoms with Crippen molar-refractivity contribution in [3.05, 3.63) is 60.7 Å². The number of aromatic nitrogens is 1. The summed E-state index contributed by atoms with van der Waals surface area (Å²) < 4.78 is 11.2. The molecule has 0 amide bonds. The smallest absolute Gasteiger partial charge is 0.168 e. The minimum atomic E-state index is -0.281. The van der Waals surface area contributed by atoms with Crippen molar-refractivity contribution in [3.8, 4) is 5.75 Å². The molecule has 2 N–H and O–H groups in total. The van der Waals surface area contributed by atoms with Gasteiger partial charge in [-0.2, -0.15) is 0 Å². The number of benzene rings is 1. The number of pyridine rings is 1. The molecule has 0 saturated carbocycles. The first-order valence-corrected chi connectivity index (χ1v) is 6.12. The number of furan rings is 1. The SMILES string of the molecule is NCC(Oc1ccc2cccnc2c1)c1ccco1. The molecule has 0 radical (unpaired) electrons. The normalized spacial score (nSPS) is 12.5. The van der Waals surface area contributed by atoms with Crippen LogP contribution in [-0.4, -0.2) is 11.5 Å². The fourth-order valence-corrected chi connectivity index (χ4v) is 1.98. The average Bonchev–Trinajstić information content (AvgIpc) is 2.98. The maximum atomic E-state index is 5.86. The lowest BCUT2D eigenvalue weighted by molar-refractivity contribution is 0.184. The Hall–Kier alpha value is -2.33. The molecule has 1 atom stereocenters. The molecule has 0 spiro atoms. The molecule has 96 valence electrons. The van der Waals surface area contributed by atoms with Gasteiger partial charge in [0, 0.05) is 24.2 Å². The highest BCUT2D eigenvalue weighted by Gasteiger charge is 2.14. The van der Waals surface area contributed by atoms with E-state index in [1.807, 2.05) is 42.5 Å². The van der Waals surface area contributed by atoms with Gasteiger partial charge in [-0.05, 0) is 30.3 Å². The summed E-state index contributed by atoms with van der Waals surface area (Å²) in [6, 6.07) is 13.4. The van der Waals surface area contributed by atoms with Crippen molar-refractivity contribution in [1.82, 2.24) is 4.98 Å². The molecule has 1 aromatic carbocycles. The fourth-order valence-electron chi connectivity index (χ4n) is 1.98. The summed E-state index contributed by atoms with van der Waals surface area (Å²) in [5, 5.41) is 1.08. The zero-order valence-electron chi connectivity index (χ0n) is 10.3. The van der Waals surface area contributed by atoms with Gasteiger partial charge in [0.15, 0.2) is 6.10 Å². The van der Waals surface area contributed by atoms with Crippen molar-refractivity contribution in [2.45, 2.75) is 6.10 Å². The highest BCUT2D eigenvalue weighted by Crippen LogP contribution is 2.24. The summed E-state index contributed by atoms with van der Waals surface area (Å²) in [4.78, 5) is 4.30. The van der Waals surface area contributed by atoms with E-state index in [0.717, 1.165) is 22.4 Å². The third kappa shape index (κ3) is 2.44. The van der Waals surface area contributed by atoms with Crippen LogP contribution in [0, 0.1) is 0 Å². The first kappa shape index (κ1) is 11.7. The maximum Gasteiger partial charge on any atom is 0.168 e. The van der Waals surface area contributed by atoms with Gasteiger partial charge in [-0.25, -0.2) is 0 Å². The molecule has 0 fully saturated rings. The maximum absolute atomic E-state index is 5.86. The lowest BCUT2D eigenvalue weighted by Crippen LogP contribution is -2.17. The van der Waals surface area contributed by atoms with Crippen molar-refractivity contribution in [1.29, 1.82) is 0 Å². The van der Waals surface area contributed by atoms with Gasteiger partial charge in [-0.1, -0.05) is 6.07 Å². The number of rotatable bonds is 4. The van der Waals surface area contributed by atoms with Crippen LogP contribution in [0.15, 0.2) is 59.3 Å². The summed E-state index contributed by atoms with van der Waals surface area (Å²) in [6.07, 6.45) is 3.10. The largest absolute Gasteiger partial charge is 0.481 e. The Morgan fingerprint density at radius 1 is 1.21 bits per heavy atom. The Morgan fingerprint density at radius 2 is 2.16 bits per heavy atom. The third-order valence-corrected chi connectivity index (χ3v) is 2.93. The predicted molar refractivity (Wildman–Crippen MR) is 72.9 cm³/mol. The monoisotopic (exact) mass is 254 g/mol. The highest BCUT2D eigenvalue weighted by atomic mass is 16.5. The molecule has 0 aliphatic heterocycles. The van der Waals surface area contributed by atoms with Gasteiger partial charge < -0.3 is 14.9 Å². The Labute approximate surface area is 110 Å². The molecule has 0 aliphatic rings. The van der Waals surface area contributed by atoms with Crippen molar-refractivity contribution >= 4 is 10.9 Å². The minimum absolute atomic E-state index is 0.281. The Bertz CT molecular complexity index is 665. The molecule has 2 aromatic heterocycles. The van der Waals surface area contributed by atoms with E-state index < -0.39 is 0 Å². The summed E-state index contributed by atoms with van der Waals surface area (Å²) in [7, 11) is 0. The Morgan fingerprint density at radius 3 is 2.95 bits per heavy atom. The van der Waals surface area contributed by atoms with Crippen molar-refractivity contribution in [2.75, 3.05) is 6.54 Å². The first-order valence-electron chi connectivity index (χ1n) is 6.12. The van der Waals surface area contributed by atoms with Crippen molar-refractivity contribution < 1.29 is 9.15 Å². The van der Waals surface area contributed by atoms with E-state index in [2.05, 4.69) is 4.98 Å². The zero-order valence-corrected chi connectivity index (χ0v) is 10.3. The number of fused-ring (bicyclic) bond motifs is 1. The number of nitrogens with zero attached hydrogens (tertiary/aromatic N) is 1. The van der Waals surface area contributed by atoms with E-state index in [4.69, 9.17) is 14.9 Å². The molecule has 4 nitrogen and oxygen atoms in total. The minimum Gasteiger partial charge on any atom is -0.481 e. The molecule has 3 aromatic rings. The lowest BCUT2D eigenvalue weighted by atomic mass is 10.2. The molecule has 0 bridgehead atoms. The molecule has 4 heteroatoms. The van der Waals surface area contributed by atoms with E-state index in [0.29, 0.717) is 6.54 Å². The molecule has 3 rings (SSSR count). The van der Waals surface area contributed by atoms with Gasteiger partial charge in [0.25, 0.3) is 0 Å². The Balaban J connectivity index is 1.88. The second-order valence-corrected chi connectivity index (χ2v) is 4.22. The van der Waals surface area contributed by atoms with Crippen LogP contribution in [0.1, 0.15) is 11.9 Å². The second-order valence-electron chi connectivity index (χ2n) is 4.22. The predicted octanol–water partition coefficient (Wildman–Crippen LogP) is 2.91. The van der Waals surface area contributed by atoms with Crippen LogP contribution in [0.2, 0.25) is 0 Å². The van der Waals surface area contributed by atoms with E-state index in [1.165, 1.54) is 0 Å². The van der Waals surface area contributed by atoms with Gasteiger partial charge in [0.05, 0.1) is 11.8 Å². The molecule has 1 unspecified atom stereocenters. The van der Waals surface area contributed by atoms with E-state index in [9.17, 15) is 0 Å². The van der Waals surface area contributed by atoms with Gasteiger partial charge in [0.1, 0.15) is 11.5 Å². The summed E-state index contributed by atoms with van der Waals surface area (Å²) in [5.74, 6) is 1.46. The highest BCUT2D eigenvalue weighted by molar-refractivity contribution is 5.79. The zero-order chi connectivity index (χ0) is 13.1. The second kappa shape index (κ2) is 5.12. The van der Waals surface area contributed by atoms with Crippen LogP contribution in [0.4, 0.5) is 0 Å². The first-order chi connectivity index (χ1) is 9.36. The van der Waals surface area contributed by atoms with Crippen LogP contribution in [0.3, 0.4) is 0 Å². The van der Waals surface area contributed by atoms with E-state index in [-0.39, 0.29) is 6.10 Å². The fraction of sp³-hybridized carbons (Fsp3) is 0.133. The van der Waals surface area contributed by atoms with E-state index in [1.54, 1.807) is 12.5 Å². The molecule has 2 heterocycles. The van der Waals surface area contributed by atoms with Crippen LogP contribution in [0.5, 0.6) is 5.75 Å². The van der Waals surface area contributed by atoms with Crippen molar-refractivity contribution in [3.63, 3.8) is 0 Å². The Kier molecular flexibility index (Phi) is 3.16. The molecule has 0 saturated heterocycles. The van der Waals surface area contributed by atoms with Crippen LogP contribution < -0.4 is 10.5 Å². The van der Waals surface area contributed by atoms with Crippen molar-refractivity contribution in [2.24, 2.45) is 5.73 Å². The summed E-state index contributed by atoms with van der Waals surface area (Å²) >= 11 is 0. The van der Waals surface area contributed by atoms with Crippen LogP contribution in [0.25, 0.3) is 10.9 Å². The molecular formula is C15H14N2O2. The number of hydrogen-bond donors (Lipinski definition) is 1. The molecule has 19 heavy (non-hydrogen) atoms. The summed E-state index contributed by atoms with van der Waals surface area (Å²) in [6.45, 7) is 0.355. The number of hydrogen-bond acceptors (Lipinski definition) is 4. The standard InChI is InChI=1S/C15H14N2O2/c16-10-15(14-4-2-8-18-14)19-12-6-5-11-3-1-7-17-13(11)9-12/h1-9,15H,10,16H2. The average molecular weight is 254 g/mol. The lowest BCUT2D eigenvalue weighted by Gasteiger charge is -2.15. The van der Waals surface area contributed by atoms with Crippen LogP contribution in [-0.2, 0) is 0 Å². The van der Waals surface area contributed by atoms with Gasteiger partial charge >= 0.3 is 0 Å². The van der Waals surface area contributed by atoms with Gasteiger partial charge in [0.2, 0.25) is 0 Å². The molecule has 0 aliphatic carbocycles. The van der Waals surface area contributed by atoms with E-state index >= 15 is 0 Å². The molecular weight excluding hydrogens is 240 g/mol. The topological polar surface area (TPSA) is 61.3 Å². The third-order valence-electron chi connectivity index (χ3n) is 2.93. The van der Waals surface area contributed by atoms with Gasteiger partial charge in [-0.15, -0.1) is 0 Å². The van der Waals surface area contributed by atoms with Gasteiger partial charge in [-0.3, -0.25) is 4.98 Å².